The monoisotopic (exact) mass is 347 g/mol. The highest BCUT2D eigenvalue weighted by atomic mass is 32.1. The van der Waals surface area contributed by atoms with Gasteiger partial charge in [-0.25, -0.2) is 4.79 Å². The molecule has 1 aromatic carbocycles. The van der Waals surface area contributed by atoms with E-state index >= 15 is 0 Å². The standard InChI is InChI=1S/C18H25N3O2S/c1-5-15(18(3,4)23-17(20)22)12(2)10-16(19)13-6-8-14(9-7-13)21-11-24/h6-9,12,15,19H,5,10H2,1-4H3,(H2,20,22). The minimum absolute atomic E-state index is 0.101. The van der Waals surface area contributed by atoms with Gasteiger partial charge in [0.05, 0.1) is 10.8 Å². The first-order chi connectivity index (χ1) is 11.2. The Hall–Kier alpha value is -2.04. The zero-order valence-corrected chi connectivity index (χ0v) is 15.4. The van der Waals surface area contributed by atoms with Crippen LogP contribution in [-0.4, -0.2) is 22.6 Å². The van der Waals surface area contributed by atoms with Gasteiger partial charge >= 0.3 is 6.09 Å². The number of amides is 1. The number of isothiocyanates is 1. The molecule has 1 amide bonds. The number of nitrogens with one attached hydrogen (secondary N) is 1. The van der Waals surface area contributed by atoms with Gasteiger partial charge in [0.25, 0.3) is 0 Å². The van der Waals surface area contributed by atoms with Crippen LogP contribution in [0.5, 0.6) is 0 Å². The SMILES string of the molecule is CCC(C(C)CC(=N)c1ccc(N=C=S)cc1)C(C)(C)OC(N)=O. The van der Waals surface area contributed by atoms with Crippen molar-refractivity contribution in [1.82, 2.24) is 0 Å². The summed E-state index contributed by atoms with van der Waals surface area (Å²) in [6, 6.07) is 7.33. The third kappa shape index (κ3) is 5.55. The number of thiocarbonyl (C=S) groups is 1. The second kappa shape index (κ2) is 8.71. The lowest BCUT2D eigenvalue weighted by molar-refractivity contribution is -0.0209. The minimum atomic E-state index is -0.768. The predicted octanol–water partition coefficient (Wildman–Crippen LogP) is 4.72. The molecule has 6 heteroatoms. The number of ether oxygens (including phenoxy) is 1. The number of rotatable bonds is 8. The van der Waals surface area contributed by atoms with Gasteiger partial charge in [-0.15, -0.1) is 0 Å². The Morgan fingerprint density at radius 3 is 2.46 bits per heavy atom. The summed E-state index contributed by atoms with van der Waals surface area (Å²) in [5.41, 5.74) is 6.61. The highest BCUT2D eigenvalue weighted by Crippen LogP contribution is 2.33. The maximum absolute atomic E-state index is 11.1. The van der Waals surface area contributed by atoms with Gasteiger partial charge in [-0.1, -0.05) is 26.0 Å². The van der Waals surface area contributed by atoms with Crippen LogP contribution in [0.25, 0.3) is 0 Å². The lowest BCUT2D eigenvalue weighted by Crippen LogP contribution is -2.41. The van der Waals surface area contributed by atoms with Gasteiger partial charge in [-0.05, 0) is 62.5 Å². The number of carbonyl (C=O) groups is 1. The number of hydrogen-bond acceptors (Lipinski definition) is 5. The molecule has 0 aliphatic heterocycles. The zero-order valence-electron chi connectivity index (χ0n) is 14.6. The van der Waals surface area contributed by atoms with E-state index in [1.54, 1.807) is 0 Å². The van der Waals surface area contributed by atoms with E-state index < -0.39 is 11.7 Å². The lowest BCUT2D eigenvalue weighted by atomic mass is 9.76. The topological polar surface area (TPSA) is 88.5 Å². The fourth-order valence-electron chi connectivity index (χ4n) is 3.29. The van der Waals surface area contributed by atoms with Crippen molar-refractivity contribution in [3.63, 3.8) is 0 Å². The molecular weight excluding hydrogens is 322 g/mol. The Bertz CT molecular complexity index is 634. The molecular formula is C18H25N3O2S. The molecule has 130 valence electrons. The van der Waals surface area contributed by atoms with Crippen LogP contribution in [0.4, 0.5) is 10.5 Å². The quantitative estimate of drug-likeness (QED) is 0.527. The third-order valence-electron chi connectivity index (χ3n) is 4.30. The van der Waals surface area contributed by atoms with Gasteiger partial charge in [0.2, 0.25) is 0 Å². The first-order valence-corrected chi connectivity index (χ1v) is 8.36. The molecule has 0 saturated heterocycles. The van der Waals surface area contributed by atoms with Crippen LogP contribution in [0, 0.1) is 17.2 Å². The summed E-state index contributed by atoms with van der Waals surface area (Å²) in [6.07, 6.45) is 0.645. The third-order valence-corrected chi connectivity index (χ3v) is 4.39. The fraction of sp³-hybridized carbons (Fsp3) is 0.500. The van der Waals surface area contributed by atoms with E-state index in [1.165, 1.54) is 0 Å². The van der Waals surface area contributed by atoms with E-state index in [4.69, 9.17) is 15.9 Å². The molecule has 0 fully saturated rings. The highest BCUT2D eigenvalue weighted by molar-refractivity contribution is 7.78. The Labute approximate surface area is 148 Å². The van der Waals surface area contributed by atoms with E-state index in [1.807, 2.05) is 38.1 Å². The van der Waals surface area contributed by atoms with Gasteiger partial charge in [-0.2, -0.15) is 4.99 Å². The molecule has 3 N–H and O–H groups in total. The number of carbonyl (C=O) groups excluding carboxylic acids is 1. The molecule has 2 atom stereocenters. The van der Waals surface area contributed by atoms with Crippen LogP contribution in [-0.2, 0) is 4.74 Å². The molecule has 0 saturated carbocycles. The number of benzene rings is 1. The number of hydrogen-bond donors (Lipinski definition) is 2. The smallest absolute Gasteiger partial charge is 0.405 e. The molecule has 24 heavy (non-hydrogen) atoms. The van der Waals surface area contributed by atoms with Crippen LogP contribution < -0.4 is 5.73 Å². The van der Waals surface area contributed by atoms with Gasteiger partial charge in [0.1, 0.15) is 5.60 Å². The van der Waals surface area contributed by atoms with E-state index in [2.05, 4.69) is 36.2 Å². The van der Waals surface area contributed by atoms with E-state index in [0.29, 0.717) is 12.1 Å². The van der Waals surface area contributed by atoms with Gasteiger partial charge in [0.15, 0.2) is 0 Å². The Morgan fingerprint density at radius 2 is 2.00 bits per heavy atom. The Morgan fingerprint density at radius 1 is 1.42 bits per heavy atom. The zero-order chi connectivity index (χ0) is 18.3. The second-order valence-electron chi connectivity index (χ2n) is 6.45. The Kier molecular flexibility index (Phi) is 7.26. The highest BCUT2D eigenvalue weighted by Gasteiger charge is 2.35. The summed E-state index contributed by atoms with van der Waals surface area (Å²) in [7, 11) is 0. The van der Waals surface area contributed by atoms with Crippen molar-refractivity contribution in [2.45, 2.75) is 46.1 Å². The predicted molar refractivity (Wildman–Crippen MR) is 100 cm³/mol. The van der Waals surface area contributed by atoms with Crippen molar-refractivity contribution in [2.24, 2.45) is 22.6 Å². The van der Waals surface area contributed by atoms with E-state index in [-0.39, 0.29) is 11.8 Å². The molecule has 5 nitrogen and oxygen atoms in total. The average molecular weight is 347 g/mol. The molecule has 0 aromatic heterocycles. The van der Waals surface area contributed by atoms with Crippen molar-refractivity contribution in [2.75, 3.05) is 0 Å². The number of primary amides is 1. The van der Waals surface area contributed by atoms with Gasteiger partial charge in [-0.3, -0.25) is 0 Å². The summed E-state index contributed by atoms with van der Waals surface area (Å²) in [6.45, 7) is 7.85. The van der Waals surface area contributed by atoms with Gasteiger partial charge in [0, 0.05) is 11.6 Å². The molecule has 1 aromatic rings. The van der Waals surface area contributed by atoms with Gasteiger partial charge < -0.3 is 15.9 Å². The molecule has 0 radical (unpaired) electrons. The van der Waals surface area contributed by atoms with Crippen LogP contribution in [0.3, 0.4) is 0 Å². The first-order valence-electron chi connectivity index (χ1n) is 7.95. The molecule has 0 aliphatic rings. The summed E-state index contributed by atoms with van der Waals surface area (Å²) in [4.78, 5) is 15.0. The maximum atomic E-state index is 11.1. The summed E-state index contributed by atoms with van der Waals surface area (Å²) >= 11 is 4.58. The molecule has 0 heterocycles. The van der Waals surface area contributed by atoms with Crippen LogP contribution in [0.1, 0.15) is 46.1 Å². The summed E-state index contributed by atoms with van der Waals surface area (Å²) in [5.74, 6) is 0.263. The molecule has 0 spiro atoms. The normalized spacial score (nSPS) is 13.5. The van der Waals surface area contributed by atoms with E-state index in [9.17, 15) is 4.79 Å². The number of nitrogens with two attached hydrogens (primary N) is 1. The Balaban J connectivity index is 2.83. The van der Waals surface area contributed by atoms with Crippen molar-refractivity contribution >= 4 is 34.9 Å². The average Bonchev–Trinajstić information content (AvgIpc) is 2.47. The van der Waals surface area contributed by atoms with Crippen molar-refractivity contribution in [1.29, 1.82) is 5.41 Å². The van der Waals surface area contributed by atoms with Crippen molar-refractivity contribution < 1.29 is 9.53 Å². The molecule has 1 rings (SSSR count). The number of aliphatic imine (C=N–C) groups is 1. The largest absolute Gasteiger partial charge is 0.443 e. The summed E-state index contributed by atoms with van der Waals surface area (Å²) < 4.78 is 5.28. The molecule has 0 bridgehead atoms. The van der Waals surface area contributed by atoms with E-state index in [0.717, 1.165) is 17.7 Å². The van der Waals surface area contributed by atoms with Crippen molar-refractivity contribution in [3.05, 3.63) is 29.8 Å². The summed E-state index contributed by atoms with van der Waals surface area (Å²) in [5, 5.41) is 10.7. The molecule has 0 aliphatic carbocycles. The first kappa shape index (κ1) is 20.0. The van der Waals surface area contributed by atoms with Crippen LogP contribution in [0.15, 0.2) is 29.3 Å². The maximum Gasteiger partial charge on any atom is 0.405 e. The lowest BCUT2D eigenvalue weighted by Gasteiger charge is -2.37. The molecule has 2 unspecified atom stereocenters. The minimum Gasteiger partial charge on any atom is -0.443 e. The second-order valence-corrected chi connectivity index (χ2v) is 6.63. The van der Waals surface area contributed by atoms with Crippen LogP contribution in [0.2, 0.25) is 0 Å². The van der Waals surface area contributed by atoms with Crippen LogP contribution >= 0.6 is 12.2 Å². The fourth-order valence-corrected chi connectivity index (χ4v) is 3.39. The van der Waals surface area contributed by atoms with Crippen molar-refractivity contribution in [3.8, 4) is 0 Å². The number of nitrogens with zero attached hydrogens (tertiary/aromatic N) is 1.